The maximum atomic E-state index is 12.6. The Morgan fingerprint density at radius 3 is 3.12 bits per heavy atom. The van der Waals surface area contributed by atoms with Crippen LogP contribution in [0.1, 0.15) is 37.8 Å². The number of rotatable bonds is 4. The smallest absolute Gasteiger partial charge is 0.228 e. The van der Waals surface area contributed by atoms with Crippen molar-refractivity contribution in [1.29, 1.82) is 0 Å². The second-order valence-electron chi connectivity index (χ2n) is 7.13. The molecule has 0 radical (unpaired) electrons. The molecule has 3 atom stereocenters. The maximum Gasteiger partial charge on any atom is 0.228 e. The molecule has 4 heteroatoms. The third kappa shape index (κ3) is 2.55. The number of H-pyrrole nitrogens is 1. The minimum Gasteiger partial charge on any atom is -0.361 e. The third-order valence-corrected chi connectivity index (χ3v) is 5.31. The summed E-state index contributed by atoms with van der Waals surface area (Å²) < 4.78 is 0. The molecule has 2 aliphatic rings. The van der Waals surface area contributed by atoms with Crippen molar-refractivity contribution in [2.24, 2.45) is 5.92 Å². The van der Waals surface area contributed by atoms with Crippen LogP contribution < -0.4 is 10.6 Å². The van der Waals surface area contributed by atoms with Crippen LogP contribution in [-0.2, 0) is 11.2 Å². The number of hydrogen-bond donors (Lipinski definition) is 3. The predicted molar refractivity (Wildman–Crippen MR) is 97.8 cm³/mol. The number of carbonyl (C=O) groups excluding carboxylic acids is 1. The largest absolute Gasteiger partial charge is 0.361 e. The molecule has 1 amide bonds. The van der Waals surface area contributed by atoms with Crippen LogP contribution in [0.25, 0.3) is 16.5 Å². The van der Waals surface area contributed by atoms with Crippen molar-refractivity contribution in [2.45, 2.75) is 45.2 Å². The van der Waals surface area contributed by atoms with E-state index in [0.717, 1.165) is 19.3 Å². The van der Waals surface area contributed by atoms with Gasteiger partial charge in [0.25, 0.3) is 0 Å². The normalized spacial score (nSPS) is 23.5. The van der Waals surface area contributed by atoms with Gasteiger partial charge in [-0.3, -0.25) is 4.79 Å². The molecule has 0 fully saturated rings. The fourth-order valence-electron chi connectivity index (χ4n) is 4.13. The number of aromatic nitrogens is 1. The zero-order valence-corrected chi connectivity index (χ0v) is 14.4. The summed E-state index contributed by atoms with van der Waals surface area (Å²) in [5.74, 6) is 0.0488. The minimum atomic E-state index is -0.0914. The first-order valence-electron chi connectivity index (χ1n) is 9.02. The van der Waals surface area contributed by atoms with Gasteiger partial charge in [0.15, 0.2) is 0 Å². The highest BCUT2D eigenvalue weighted by Crippen LogP contribution is 2.38. The van der Waals surface area contributed by atoms with E-state index in [0.29, 0.717) is 12.6 Å². The van der Waals surface area contributed by atoms with Crippen LogP contribution in [0.3, 0.4) is 0 Å². The van der Waals surface area contributed by atoms with E-state index in [4.69, 9.17) is 0 Å². The quantitative estimate of drug-likeness (QED) is 0.810. The summed E-state index contributed by atoms with van der Waals surface area (Å²) in [6.45, 7) is 4.95. The van der Waals surface area contributed by atoms with Crippen LogP contribution in [0.5, 0.6) is 0 Å². The van der Waals surface area contributed by atoms with Gasteiger partial charge in [0.2, 0.25) is 5.91 Å². The Kier molecular flexibility index (Phi) is 3.93. The van der Waals surface area contributed by atoms with E-state index >= 15 is 0 Å². The van der Waals surface area contributed by atoms with Crippen LogP contribution in [0.4, 0.5) is 0 Å². The Labute approximate surface area is 142 Å². The SMILES string of the molecule is CCC[C@@H](C)NC(=O)C1C=C2c3cccc4[nH]cc(c34)C[C@H]2NC1. The molecule has 0 saturated carbocycles. The first-order chi connectivity index (χ1) is 11.7. The Bertz CT molecular complexity index is 804. The zero-order valence-electron chi connectivity index (χ0n) is 14.4. The molecule has 1 aliphatic carbocycles. The molecule has 1 aromatic carbocycles. The van der Waals surface area contributed by atoms with E-state index in [2.05, 4.69) is 59.9 Å². The topological polar surface area (TPSA) is 56.9 Å². The van der Waals surface area contributed by atoms with Gasteiger partial charge in [0.05, 0.1) is 5.92 Å². The number of nitrogens with one attached hydrogen (secondary N) is 3. The van der Waals surface area contributed by atoms with Gasteiger partial charge in [-0.25, -0.2) is 0 Å². The van der Waals surface area contributed by atoms with Gasteiger partial charge in [-0.1, -0.05) is 31.6 Å². The van der Waals surface area contributed by atoms with Crippen LogP contribution >= 0.6 is 0 Å². The fourth-order valence-corrected chi connectivity index (χ4v) is 4.13. The highest BCUT2D eigenvalue weighted by Gasteiger charge is 2.32. The van der Waals surface area contributed by atoms with Crippen molar-refractivity contribution in [2.75, 3.05) is 6.54 Å². The molecule has 4 nitrogen and oxygen atoms in total. The third-order valence-electron chi connectivity index (χ3n) is 5.31. The average Bonchev–Trinajstić information content (AvgIpc) is 2.99. The monoisotopic (exact) mass is 323 g/mol. The number of benzene rings is 1. The minimum absolute atomic E-state index is 0.0914. The van der Waals surface area contributed by atoms with Gasteiger partial charge in [-0.2, -0.15) is 0 Å². The van der Waals surface area contributed by atoms with Crippen LogP contribution in [0.15, 0.2) is 30.5 Å². The molecule has 1 unspecified atom stereocenters. The highest BCUT2D eigenvalue weighted by atomic mass is 16.1. The molecule has 1 aliphatic heterocycles. The summed E-state index contributed by atoms with van der Waals surface area (Å²) in [7, 11) is 0. The summed E-state index contributed by atoms with van der Waals surface area (Å²) in [6.07, 6.45) is 7.42. The van der Waals surface area contributed by atoms with Gasteiger partial charge < -0.3 is 15.6 Å². The van der Waals surface area contributed by atoms with E-state index in [1.54, 1.807) is 0 Å². The molecule has 0 saturated heterocycles. The van der Waals surface area contributed by atoms with Crippen LogP contribution in [0.2, 0.25) is 0 Å². The molecule has 126 valence electrons. The summed E-state index contributed by atoms with van der Waals surface area (Å²) >= 11 is 0. The van der Waals surface area contributed by atoms with Gasteiger partial charge in [0.1, 0.15) is 0 Å². The van der Waals surface area contributed by atoms with Crippen LogP contribution in [-0.4, -0.2) is 29.5 Å². The van der Waals surface area contributed by atoms with E-state index < -0.39 is 0 Å². The molecule has 0 spiro atoms. The number of aromatic amines is 1. The van der Waals surface area contributed by atoms with Gasteiger partial charge in [0, 0.05) is 35.7 Å². The zero-order chi connectivity index (χ0) is 16.7. The maximum absolute atomic E-state index is 12.6. The molecule has 0 bridgehead atoms. The van der Waals surface area contributed by atoms with E-state index in [1.165, 1.54) is 27.6 Å². The second kappa shape index (κ2) is 6.10. The molecule has 4 rings (SSSR count). The summed E-state index contributed by atoms with van der Waals surface area (Å²) in [5.41, 5.74) is 5.11. The van der Waals surface area contributed by atoms with Crippen molar-refractivity contribution in [3.63, 3.8) is 0 Å². The number of fused-ring (bicyclic) bond motifs is 2. The van der Waals surface area contributed by atoms with Crippen molar-refractivity contribution < 1.29 is 4.79 Å². The molecule has 2 heterocycles. The average molecular weight is 323 g/mol. The lowest BCUT2D eigenvalue weighted by Crippen LogP contribution is -2.47. The molecule has 1 aromatic heterocycles. The number of amides is 1. The first-order valence-corrected chi connectivity index (χ1v) is 9.02. The standard InChI is InChI=1S/C20H25N3O/c1-3-5-12(2)23-20(24)14-8-16-15-6-4-7-17-19(15)13(10-21-17)9-18(16)22-11-14/h4,6-8,10,12,14,18,21-22H,3,5,9,11H2,1-2H3,(H,23,24)/t12-,14?,18-/m1/s1. The van der Waals surface area contributed by atoms with E-state index in [-0.39, 0.29) is 17.9 Å². The predicted octanol–water partition coefficient (Wildman–Crippen LogP) is 3.00. The number of carbonyl (C=O) groups is 1. The molecular formula is C20H25N3O. The Hall–Kier alpha value is -2.07. The lowest BCUT2D eigenvalue weighted by molar-refractivity contribution is -0.124. The Morgan fingerprint density at radius 2 is 2.29 bits per heavy atom. The van der Waals surface area contributed by atoms with E-state index in [9.17, 15) is 4.79 Å². The van der Waals surface area contributed by atoms with Gasteiger partial charge in [-0.15, -0.1) is 0 Å². The molecule has 2 aromatic rings. The van der Waals surface area contributed by atoms with Crippen molar-refractivity contribution in [3.05, 3.63) is 41.6 Å². The lowest BCUT2D eigenvalue weighted by Gasteiger charge is -2.33. The van der Waals surface area contributed by atoms with Gasteiger partial charge in [-0.05, 0) is 42.5 Å². The molecular weight excluding hydrogens is 298 g/mol. The molecule has 3 N–H and O–H groups in total. The van der Waals surface area contributed by atoms with Crippen molar-refractivity contribution in [1.82, 2.24) is 15.6 Å². The fraction of sp³-hybridized carbons (Fsp3) is 0.450. The van der Waals surface area contributed by atoms with Crippen LogP contribution in [0, 0.1) is 5.92 Å². The molecule has 24 heavy (non-hydrogen) atoms. The second-order valence-corrected chi connectivity index (χ2v) is 7.13. The first kappa shape index (κ1) is 15.5. The highest BCUT2D eigenvalue weighted by molar-refractivity contribution is 5.99. The lowest BCUT2D eigenvalue weighted by atomic mass is 9.80. The van der Waals surface area contributed by atoms with Crippen molar-refractivity contribution >= 4 is 22.4 Å². The van der Waals surface area contributed by atoms with E-state index in [1.807, 2.05) is 0 Å². The van der Waals surface area contributed by atoms with Gasteiger partial charge >= 0.3 is 0 Å². The Morgan fingerprint density at radius 1 is 1.42 bits per heavy atom. The number of hydrogen-bond acceptors (Lipinski definition) is 2. The Balaban J connectivity index is 1.65. The summed E-state index contributed by atoms with van der Waals surface area (Å²) in [6, 6.07) is 6.95. The summed E-state index contributed by atoms with van der Waals surface area (Å²) in [5, 5.41) is 8.06. The van der Waals surface area contributed by atoms with Crippen molar-refractivity contribution in [3.8, 4) is 0 Å². The summed E-state index contributed by atoms with van der Waals surface area (Å²) in [4.78, 5) is 16.0.